The SMILES string of the molecule is CC(NC(=O)[C@@H](CC(=O)Cc1ccccc1)Cc1ccccc1)C(=O)C(=O)N[C@@H](CC1CCCCC1)C(=O)C[C@@H](Cc1ccc(-c2ccccc2)cc1)C(N)=O. The molecule has 0 aliphatic heterocycles. The van der Waals surface area contributed by atoms with Crippen molar-refractivity contribution in [2.45, 2.75) is 89.6 Å². The van der Waals surface area contributed by atoms with Gasteiger partial charge in [-0.25, -0.2) is 0 Å². The lowest BCUT2D eigenvalue weighted by atomic mass is 9.82. The van der Waals surface area contributed by atoms with Crippen LogP contribution in [0.2, 0.25) is 0 Å². The lowest BCUT2D eigenvalue weighted by molar-refractivity contribution is -0.141. The first-order valence-corrected chi connectivity index (χ1v) is 19.8. The van der Waals surface area contributed by atoms with Gasteiger partial charge in [0.15, 0.2) is 5.78 Å². The number of amides is 3. The standard InChI is InChI=1S/C47H53N3O6/c1-32(49-46(55)40(27-33-14-6-2-7-15-33)30-41(51)28-34-16-8-3-9-17-34)44(53)47(56)50-42(29-35-18-10-4-11-19-35)43(52)31-39(45(48)54)26-36-22-24-38(25-23-36)37-20-12-5-13-21-37/h2-3,5-9,12-17,20-25,32,35,39-40,42H,4,10-11,18-19,26-31H2,1H3,(H2,48,54)(H,49,55)(H,50,56)/t32?,39-,40-,42+/m1/s1. The molecule has 0 radical (unpaired) electrons. The Morgan fingerprint density at radius 2 is 1.16 bits per heavy atom. The van der Waals surface area contributed by atoms with Gasteiger partial charge in [0.2, 0.25) is 17.6 Å². The second kappa shape index (κ2) is 20.8. The van der Waals surface area contributed by atoms with E-state index >= 15 is 0 Å². The summed E-state index contributed by atoms with van der Waals surface area (Å²) < 4.78 is 0. The van der Waals surface area contributed by atoms with Crippen LogP contribution in [0.4, 0.5) is 0 Å². The molecule has 0 heterocycles. The molecule has 0 spiro atoms. The van der Waals surface area contributed by atoms with E-state index in [4.69, 9.17) is 5.73 Å². The summed E-state index contributed by atoms with van der Waals surface area (Å²) in [6.07, 6.45) is 5.75. The summed E-state index contributed by atoms with van der Waals surface area (Å²) >= 11 is 0. The third kappa shape index (κ3) is 12.7. The Morgan fingerprint density at radius 3 is 1.77 bits per heavy atom. The van der Waals surface area contributed by atoms with Gasteiger partial charge in [-0.15, -0.1) is 0 Å². The Labute approximate surface area is 329 Å². The average Bonchev–Trinajstić information content (AvgIpc) is 3.21. The Bertz CT molecular complexity index is 1930. The first-order chi connectivity index (χ1) is 27.0. The van der Waals surface area contributed by atoms with Crippen molar-refractivity contribution in [3.63, 3.8) is 0 Å². The number of ketones is 3. The fraction of sp³-hybridized carbons (Fsp3) is 0.362. The molecule has 4 N–H and O–H groups in total. The summed E-state index contributed by atoms with van der Waals surface area (Å²) in [6.45, 7) is 1.43. The monoisotopic (exact) mass is 755 g/mol. The Morgan fingerprint density at radius 1 is 0.625 bits per heavy atom. The summed E-state index contributed by atoms with van der Waals surface area (Å²) in [5, 5.41) is 5.36. The molecule has 1 aliphatic carbocycles. The van der Waals surface area contributed by atoms with Crippen LogP contribution in [0.5, 0.6) is 0 Å². The molecule has 4 aromatic rings. The first kappa shape index (κ1) is 41.5. The predicted molar refractivity (Wildman–Crippen MR) is 217 cm³/mol. The van der Waals surface area contributed by atoms with Gasteiger partial charge in [0, 0.05) is 31.1 Å². The van der Waals surface area contributed by atoms with Crippen molar-refractivity contribution < 1.29 is 28.8 Å². The van der Waals surface area contributed by atoms with Crippen molar-refractivity contribution >= 4 is 35.1 Å². The van der Waals surface area contributed by atoms with Crippen molar-refractivity contribution in [3.05, 3.63) is 132 Å². The number of hydrogen-bond donors (Lipinski definition) is 3. The van der Waals surface area contributed by atoms with Crippen LogP contribution in [0, 0.1) is 17.8 Å². The third-order valence-electron chi connectivity index (χ3n) is 10.8. The van der Waals surface area contributed by atoms with Crippen LogP contribution in [0.1, 0.15) is 75.0 Å². The molecule has 9 heteroatoms. The number of nitrogens with two attached hydrogens (primary N) is 1. The van der Waals surface area contributed by atoms with Crippen molar-refractivity contribution in [1.82, 2.24) is 10.6 Å². The van der Waals surface area contributed by atoms with Crippen molar-refractivity contribution in [2.75, 3.05) is 0 Å². The highest BCUT2D eigenvalue weighted by atomic mass is 16.2. The molecule has 1 saturated carbocycles. The van der Waals surface area contributed by atoms with E-state index in [9.17, 15) is 28.8 Å². The maximum absolute atomic E-state index is 13.9. The summed E-state index contributed by atoms with van der Waals surface area (Å²) in [7, 11) is 0. The molecule has 3 amide bonds. The van der Waals surface area contributed by atoms with Gasteiger partial charge >= 0.3 is 0 Å². The maximum atomic E-state index is 13.9. The van der Waals surface area contributed by atoms with Gasteiger partial charge < -0.3 is 16.4 Å². The van der Waals surface area contributed by atoms with Gasteiger partial charge in [-0.3, -0.25) is 28.8 Å². The fourth-order valence-corrected chi connectivity index (χ4v) is 7.58. The van der Waals surface area contributed by atoms with Gasteiger partial charge in [0.1, 0.15) is 5.78 Å². The van der Waals surface area contributed by atoms with Gasteiger partial charge in [-0.2, -0.15) is 0 Å². The van der Waals surface area contributed by atoms with Crippen LogP contribution < -0.4 is 16.4 Å². The molecular weight excluding hydrogens is 703 g/mol. The van der Waals surface area contributed by atoms with E-state index in [0.717, 1.165) is 59.9 Å². The molecule has 1 fully saturated rings. The highest BCUT2D eigenvalue weighted by Gasteiger charge is 2.33. The largest absolute Gasteiger partial charge is 0.369 e. The van der Waals surface area contributed by atoms with Gasteiger partial charge in [0.25, 0.3) is 5.91 Å². The number of rotatable bonds is 20. The zero-order valence-corrected chi connectivity index (χ0v) is 32.2. The zero-order valence-electron chi connectivity index (χ0n) is 32.2. The van der Waals surface area contributed by atoms with Crippen LogP contribution in [0.25, 0.3) is 11.1 Å². The Balaban J connectivity index is 1.23. The lowest BCUT2D eigenvalue weighted by Crippen LogP contribution is -2.52. The molecule has 9 nitrogen and oxygen atoms in total. The summed E-state index contributed by atoms with van der Waals surface area (Å²) in [5.74, 6) is -4.91. The number of nitrogens with one attached hydrogen (secondary N) is 2. The molecule has 0 saturated heterocycles. The highest BCUT2D eigenvalue weighted by molar-refractivity contribution is 6.38. The zero-order chi connectivity index (χ0) is 39.9. The van der Waals surface area contributed by atoms with E-state index in [1.54, 1.807) is 0 Å². The number of primary amides is 1. The number of benzene rings is 4. The van der Waals surface area contributed by atoms with Crippen LogP contribution in [0.3, 0.4) is 0 Å². The minimum absolute atomic E-state index is 0.0428. The van der Waals surface area contributed by atoms with Gasteiger partial charge in [-0.05, 0) is 59.9 Å². The molecular formula is C47H53N3O6. The van der Waals surface area contributed by atoms with Crippen LogP contribution in [-0.4, -0.2) is 47.2 Å². The molecule has 4 aromatic carbocycles. The summed E-state index contributed by atoms with van der Waals surface area (Å²) in [6, 6.07) is 34.1. The predicted octanol–water partition coefficient (Wildman–Crippen LogP) is 6.55. The average molecular weight is 756 g/mol. The van der Waals surface area contributed by atoms with Crippen molar-refractivity contribution in [2.24, 2.45) is 23.5 Å². The highest BCUT2D eigenvalue weighted by Crippen LogP contribution is 2.29. The smallest absolute Gasteiger partial charge is 0.290 e. The maximum Gasteiger partial charge on any atom is 0.290 e. The van der Waals surface area contributed by atoms with E-state index in [0.29, 0.717) is 6.42 Å². The quantitative estimate of drug-likeness (QED) is 0.0871. The van der Waals surface area contributed by atoms with Crippen molar-refractivity contribution in [3.8, 4) is 11.1 Å². The lowest BCUT2D eigenvalue weighted by Gasteiger charge is -2.27. The Hall–Kier alpha value is -5.70. The van der Waals surface area contributed by atoms with E-state index in [-0.39, 0.29) is 49.6 Å². The summed E-state index contributed by atoms with van der Waals surface area (Å²) in [5.41, 5.74) is 10.5. The molecule has 1 unspecified atom stereocenters. The minimum atomic E-state index is -1.22. The Kier molecular flexibility index (Phi) is 15.4. The van der Waals surface area contributed by atoms with Gasteiger partial charge in [0.05, 0.1) is 12.1 Å². The molecule has 4 atom stereocenters. The van der Waals surface area contributed by atoms with Crippen molar-refractivity contribution in [1.29, 1.82) is 0 Å². The number of Topliss-reactive ketones (excluding diaryl/α,β-unsaturated/α-hetero) is 3. The molecule has 292 valence electrons. The second-order valence-electron chi connectivity index (χ2n) is 15.2. The summed E-state index contributed by atoms with van der Waals surface area (Å²) in [4.78, 5) is 80.4. The van der Waals surface area contributed by atoms with E-state index in [1.807, 2.05) is 115 Å². The minimum Gasteiger partial charge on any atom is -0.369 e. The molecule has 0 aromatic heterocycles. The normalized spacial score (nSPS) is 15.1. The third-order valence-corrected chi connectivity index (χ3v) is 10.8. The van der Waals surface area contributed by atoms with Crippen LogP contribution in [-0.2, 0) is 48.0 Å². The molecule has 56 heavy (non-hydrogen) atoms. The van der Waals surface area contributed by atoms with E-state index in [1.165, 1.54) is 6.92 Å². The van der Waals surface area contributed by atoms with Crippen LogP contribution in [0.15, 0.2) is 115 Å². The van der Waals surface area contributed by atoms with Crippen LogP contribution >= 0.6 is 0 Å². The number of carbonyl (C=O) groups is 6. The number of carbonyl (C=O) groups excluding carboxylic acids is 6. The van der Waals surface area contributed by atoms with E-state index in [2.05, 4.69) is 10.6 Å². The molecule has 5 rings (SSSR count). The topological polar surface area (TPSA) is 152 Å². The molecule has 1 aliphatic rings. The first-order valence-electron chi connectivity index (χ1n) is 19.8. The van der Waals surface area contributed by atoms with Gasteiger partial charge in [-0.1, -0.05) is 147 Å². The van der Waals surface area contributed by atoms with E-state index < -0.39 is 47.4 Å². The fourth-order valence-electron chi connectivity index (χ4n) is 7.58. The molecule has 0 bridgehead atoms. The number of hydrogen-bond acceptors (Lipinski definition) is 6. The second-order valence-corrected chi connectivity index (χ2v) is 15.2.